The maximum Gasteiger partial charge on any atom is 0.311 e. The first kappa shape index (κ1) is 23.8. The molecular weight excluding hydrogens is 410 g/mol. The molecule has 0 bridgehead atoms. The molecule has 0 unspecified atom stereocenters. The first-order valence-electron chi connectivity index (χ1n) is 14.2. The van der Waals surface area contributed by atoms with E-state index >= 15 is 0 Å². The standard InChI is InChI=1S/C29H47NO3/c1-19-15-20(2)18-30(17-19)14-11-27(32)33-26-8-7-24-23-6-5-21-16-22(31)9-12-28(21,3)25(23)10-13-29(24,26)4/h19-21,23-26H,5-18H2,1-4H3/p+1/t19-,20-,21+,23+,24+,25-,26-,28-,29-/m1/s1. The van der Waals surface area contributed by atoms with E-state index in [0.29, 0.717) is 29.5 Å². The molecule has 1 N–H and O–H groups in total. The summed E-state index contributed by atoms with van der Waals surface area (Å²) in [6.07, 6.45) is 12.0. The zero-order valence-electron chi connectivity index (χ0n) is 21.7. The quantitative estimate of drug-likeness (QED) is 0.633. The van der Waals surface area contributed by atoms with Crippen LogP contribution in [-0.4, -0.2) is 37.5 Å². The number of rotatable bonds is 4. The van der Waals surface area contributed by atoms with Crippen LogP contribution in [0.1, 0.15) is 98.3 Å². The van der Waals surface area contributed by atoms with Gasteiger partial charge in [0.1, 0.15) is 11.9 Å². The van der Waals surface area contributed by atoms with Crippen LogP contribution in [0.15, 0.2) is 0 Å². The minimum atomic E-state index is 0.0452. The summed E-state index contributed by atoms with van der Waals surface area (Å²) >= 11 is 0. The van der Waals surface area contributed by atoms with Gasteiger partial charge in [0, 0.05) is 30.1 Å². The van der Waals surface area contributed by atoms with E-state index in [1.54, 1.807) is 4.90 Å². The van der Waals surface area contributed by atoms with Crippen LogP contribution in [0.25, 0.3) is 0 Å². The number of nitrogens with one attached hydrogen (secondary N) is 1. The van der Waals surface area contributed by atoms with Crippen LogP contribution in [0.4, 0.5) is 0 Å². The number of hydrogen-bond donors (Lipinski definition) is 1. The summed E-state index contributed by atoms with van der Waals surface area (Å²) in [6.45, 7) is 13.0. The number of fused-ring (bicyclic) bond motifs is 5. The minimum Gasteiger partial charge on any atom is -0.462 e. The third kappa shape index (κ3) is 4.32. The van der Waals surface area contributed by atoms with Gasteiger partial charge in [-0.25, -0.2) is 0 Å². The zero-order chi connectivity index (χ0) is 23.4. The second-order valence-electron chi connectivity index (χ2n) is 13.6. The fourth-order valence-corrected chi connectivity index (χ4v) is 9.81. The molecule has 0 spiro atoms. The monoisotopic (exact) mass is 458 g/mol. The molecule has 4 saturated carbocycles. The van der Waals surface area contributed by atoms with Crippen LogP contribution >= 0.6 is 0 Å². The molecule has 186 valence electrons. The van der Waals surface area contributed by atoms with Crippen molar-refractivity contribution in [1.82, 2.24) is 0 Å². The maximum atomic E-state index is 12.9. The van der Waals surface area contributed by atoms with Gasteiger partial charge in [0.2, 0.25) is 0 Å². The number of hydrogen-bond acceptors (Lipinski definition) is 3. The molecule has 0 aromatic heterocycles. The van der Waals surface area contributed by atoms with Crippen LogP contribution in [0.5, 0.6) is 0 Å². The second-order valence-corrected chi connectivity index (χ2v) is 13.6. The Hall–Kier alpha value is -0.900. The first-order chi connectivity index (χ1) is 15.7. The van der Waals surface area contributed by atoms with Crippen molar-refractivity contribution in [2.45, 2.75) is 104 Å². The third-order valence-corrected chi connectivity index (χ3v) is 11.4. The number of Topliss-reactive ketones (excluding diaryl/α,β-unsaturated/α-hetero) is 1. The summed E-state index contributed by atoms with van der Waals surface area (Å²) in [7, 11) is 0. The molecule has 0 amide bonds. The molecule has 5 aliphatic rings. The largest absolute Gasteiger partial charge is 0.462 e. The zero-order valence-corrected chi connectivity index (χ0v) is 21.7. The van der Waals surface area contributed by atoms with Gasteiger partial charge in [0.15, 0.2) is 0 Å². The average molecular weight is 459 g/mol. The molecule has 5 rings (SSSR count). The van der Waals surface area contributed by atoms with E-state index in [0.717, 1.165) is 55.9 Å². The van der Waals surface area contributed by atoms with Gasteiger partial charge in [-0.05, 0) is 80.5 Å². The molecule has 4 nitrogen and oxygen atoms in total. The van der Waals surface area contributed by atoms with E-state index in [9.17, 15) is 9.59 Å². The Kier molecular flexibility index (Phi) is 6.46. The molecule has 4 aliphatic carbocycles. The summed E-state index contributed by atoms with van der Waals surface area (Å²) < 4.78 is 6.26. The van der Waals surface area contributed by atoms with Crippen LogP contribution in [-0.2, 0) is 14.3 Å². The third-order valence-electron chi connectivity index (χ3n) is 11.4. The first-order valence-corrected chi connectivity index (χ1v) is 14.2. The van der Waals surface area contributed by atoms with Crippen molar-refractivity contribution in [2.75, 3.05) is 19.6 Å². The van der Waals surface area contributed by atoms with E-state index in [-0.39, 0.29) is 17.5 Å². The molecule has 0 aromatic carbocycles. The van der Waals surface area contributed by atoms with Crippen LogP contribution in [0.2, 0.25) is 0 Å². The molecule has 33 heavy (non-hydrogen) atoms. The number of likely N-dealkylation sites (tertiary alicyclic amines) is 1. The Morgan fingerprint density at radius 2 is 1.70 bits per heavy atom. The molecule has 9 atom stereocenters. The summed E-state index contributed by atoms with van der Waals surface area (Å²) in [6, 6.07) is 0. The van der Waals surface area contributed by atoms with Crippen LogP contribution in [0, 0.1) is 46.3 Å². The van der Waals surface area contributed by atoms with Gasteiger partial charge in [0.25, 0.3) is 0 Å². The number of carbonyl (C=O) groups is 2. The highest BCUT2D eigenvalue weighted by molar-refractivity contribution is 5.79. The summed E-state index contributed by atoms with van der Waals surface area (Å²) in [5.41, 5.74) is 0.518. The van der Waals surface area contributed by atoms with E-state index < -0.39 is 0 Å². The number of esters is 1. The van der Waals surface area contributed by atoms with E-state index in [1.807, 2.05) is 0 Å². The van der Waals surface area contributed by atoms with Crippen molar-refractivity contribution in [1.29, 1.82) is 0 Å². The molecule has 0 aromatic rings. The number of ketones is 1. The lowest BCUT2D eigenvalue weighted by atomic mass is 9.45. The maximum absolute atomic E-state index is 12.9. The fourth-order valence-electron chi connectivity index (χ4n) is 9.81. The van der Waals surface area contributed by atoms with Crippen molar-refractivity contribution in [3.63, 3.8) is 0 Å². The topological polar surface area (TPSA) is 47.8 Å². The van der Waals surface area contributed by atoms with Crippen LogP contribution < -0.4 is 4.90 Å². The summed E-state index contributed by atoms with van der Waals surface area (Å²) in [4.78, 5) is 26.6. The predicted molar refractivity (Wildman–Crippen MR) is 130 cm³/mol. The highest BCUT2D eigenvalue weighted by Gasteiger charge is 2.61. The van der Waals surface area contributed by atoms with Gasteiger partial charge in [-0.1, -0.05) is 27.7 Å². The van der Waals surface area contributed by atoms with Gasteiger partial charge in [-0.3, -0.25) is 9.59 Å². The lowest BCUT2D eigenvalue weighted by molar-refractivity contribution is -0.911. The van der Waals surface area contributed by atoms with Crippen molar-refractivity contribution < 1.29 is 19.2 Å². The smallest absolute Gasteiger partial charge is 0.311 e. The molecular formula is C29H48NO3+. The molecule has 1 heterocycles. The van der Waals surface area contributed by atoms with Gasteiger partial charge < -0.3 is 9.64 Å². The van der Waals surface area contributed by atoms with Gasteiger partial charge in [0.05, 0.1) is 26.1 Å². The van der Waals surface area contributed by atoms with Crippen molar-refractivity contribution >= 4 is 11.8 Å². The highest BCUT2D eigenvalue weighted by Crippen LogP contribution is 2.66. The molecule has 1 aliphatic heterocycles. The van der Waals surface area contributed by atoms with Gasteiger partial charge in [-0.15, -0.1) is 0 Å². The Bertz CT molecular complexity index is 756. The molecule has 1 saturated heterocycles. The van der Waals surface area contributed by atoms with Gasteiger partial charge in [-0.2, -0.15) is 0 Å². The lowest BCUT2D eigenvalue weighted by Crippen LogP contribution is -3.14. The predicted octanol–water partition coefficient (Wildman–Crippen LogP) is 4.46. The Labute approximate surface area is 201 Å². The van der Waals surface area contributed by atoms with E-state index in [4.69, 9.17) is 4.74 Å². The highest BCUT2D eigenvalue weighted by atomic mass is 16.5. The van der Waals surface area contributed by atoms with Gasteiger partial charge >= 0.3 is 5.97 Å². The Balaban J connectivity index is 1.19. The Morgan fingerprint density at radius 3 is 2.45 bits per heavy atom. The normalized spacial score (nSPS) is 49.6. The minimum absolute atomic E-state index is 0.0452. The van der Waals surface area contributed by atoms with E-state index in [2.05, 4.69) is 27.7 Å². The average Bonchev–Trinajstić information content (AvgIpc) is 3.08. The fraction of sp³-hybridized carbons (Fsp3) is 0.931. The van der Waals surface area contributed by atoms with E-state index in [1.165, 1.54) is 51.6 Å². The second kappa shape index (κ2) is 8.95. The molecule has 4 heteroatoms. The number of carbonyl (C=O) groups excluding carboxylic acids is 2. The number of ether oxygens (including phenoxy) is 1. The molecule has 0 radical (unpaired) electrons. The van der Waals surface area contributed by atoms with Crippen molar-refractivity contribution in [2.24, 2.45) is 46.3 Å². The Morgan fingerprint density at radius 1 is 0.970 bits per heavy atom. The summed E-state index contributed by atoms with van der Waals surface area (Å²) in [5.74, 6) is 4.92. The van der Waals surface area contributed by atoms with Crippen LogP contribution in [0.3, 0.4) is 0 Å². The van der Waals surface area contributed by atoms with Crippen molar-refractivity contribution in [3.8, 4) is 0 Å². The van der Waals surface area contributed by atoms with Crippen molar-refractivity contribution in [3.05, 3.63) is 0 Å². The number of quaternary nitrogens is 1. The summed E-state index contributed by atoms with van der Waals surface area (Å²) in [5, 5.41) is 0. The SMILES string of the molecule is C[C@@H]1C[C@@H](C)C[NH+](CCC(=O)O[C@@H]2CC[C@H]3[C@@H]4CC[C@H]5CC(=O)CC[C@@]5(C)[C@@H]4CC[C@@]23C)C1. The number of piperidine rings is 1. The molecule has 5 fully saturated rings. The lowest BCUT2D eigenvalue weighted by Gasteiger charge is -2.60.